The Labute approximate surface area is 133 Å². The highest BCUT2D eigenvalue weighted by Gasteiger charge is 2.25. The molecule has 2 aromatic carbocycles. The van der Waals surface area contributed by atoms with E-state index < -0.39 is 0 Å². The van der Waals surface area contributed by atoms with Gasteiger partial charge in [0.15, 0.2) is 5.75 Å². The standard InChI is InChI=1S/C19H16N2O2/c22-18-15(9-7-13-5-3-11-20-17(13)18)19(23)21-16-10-8-12-4-1-2-6-14(12)16/h1-7,9,11,16,22H,8,10H2,(H,21,23). The first kappa shape index (κ1) is 13.8. The van der Waals surface area contributed by atoms with Crippen molar-refractivity contribution in [2.24, 2.45) is 0 Å². The van der Waals surface area contributed by atoms with E-state index in [0.717, 1.165) is 18.2 Å². The number of phenols is 1. The Morgan fingerprint density at radius 2 is 2.00 bits per heavy atom. The van der Waals surface area contributed by atoms with Crippen LogP contribution in [-0.4, -0.2) is 16.0 Å². The second kappa shape index (κ2) is 5.39. The molecule has 1 unspecified atom stereocenters. The predicted molar refractivity (Wildman–Crippen MR) is 88.4 cm³/mol. The van der Waals surface area contributed by atoms with E-state index in [2.05, 4.69) is 22.4 Å². The largest absolute Gasteiger partial charge is 0.505 e. The average molecular weight is 304 g/mol. The fourth-order valence-corrected chi connectivity index (χ4v) is 3.26. The van der Waals surface area contributed by atoms with Crippen molar-refractivity contribution in [2.45, 2.75) is 18.9 Å². The molecule has 1 aromatic heterocycles. The van der Waals surface area contributed by atoms with Gasteiger partial charge in [-0.2, -0.15) is 0 Å². The van der Waals surface area contributed by atoms with Crippen LogP contribution in [0.15, 0.2) is 54.7 Å². The number of aromatic nitrogens is 1. The van der Waals surface area contributed by atoms with Crippen LogP contribution < -0.4 is 5.32 Å². The molecule has 1 atom stereocenters. The van der Waals surface area contributed by atoms with Crippen molar-refractivity contribution >= 4 is 16.8 Å². The summed E-state index contributed by atoms with van der Waals surface area (Å²) in [4.78, 5) is 16.7. The highest BCUT2D eigenvalue weighted by atomic mass is 16.3. The van der Waals surface area contributed by atoms with E-state index in [1.807, 2.05) is 18.2 Å². The zero-order valence-corrected chi connectivity index (χ0v) is 12.5. The third-order valence-electron chi connectivity index (χ3n) is 4.43. The lowest BCUT2D eigenvalue weighted by atomic mass is 10.1. The van der Waals surface area contributed by atoms with E-state index in [0.29, 0.717) is 5.52 Å². The molecule has 0 saturated heterocycles. The number of nitrogens with zero attached hydrogens (tertiary/aromatic N) is 1. The SMILES string of the molecule is O=C(NC1CCc2ccccc21)c1ccc2cccnc2c1O. The summed E-state index contributed by atoms with van der Waals surface area (Å²) < 4.78 is 0. The molecule has 23 heavy (non-hydrogen) atoms. The zero-order chi connectivity index (χ0) is 15.8. The maximum absolute atomic E-state index is 12.6. The first-order valence-corrected chi connectivity index (χ1v) is 7.69. The molecule has 1 aliphatic rings. The Morgan fingerprint density at radius 1 is 1.13 bits per heavy atom. The van der Waals surface area contributed by atoms with Gasteiger partial charge in [0, 0.05) is 11.6 Å². The Balaban J connectivity index is 1.64. The molecule has 0 spiro atoms. The van der Waals surface area contributed by atoms with Gasteiger partial charge in [0.2, 0.25) is 0 Å². The highest BCUT2D eigenvalue weighted by Crippen LogP contribution is 2.32. The number of hydrogen-bond donors (Lipinski definition) is 2. The summed E-state index contributed by atoms with van der Waals surface area (Å²) in [7, 11) is 0. The molecule has 3 aromatic rings. The van der Waals surface area contributed by atoms with Crippen LogP contribution in [0.3, 0.4) is 0 Å². The van der Waals surface area contributed by atoms with Crippen molar-refractivity contribution in [2.75, 3.05) is 0 Å². The molecule has 0 fully saturated rings. The van der Waals surface area contributed by atoms with Gasteiger partial charge in [-0.25, -0.2) is 0 Å². The molecule has 0 aliphatic heterocycles. The minimum atomic E-state index is -0.267. The normalized spacial score (nSPS) is 16.3. The second-order valence-electron chi connectivity index (χ2n) is 5.80. The zero-order valence-electron chi connectivity index (χ0n) is 12.5. The summed E-state index contributed by atoms with van der Waals surface area (Å²) in [5.41, 5.74) is 3.16. The number of hydrogen-bond acceptors (Lipinski definition) is 3. The van der Waals surface area contributed by atoms with Gasteiger partial charge in [-0.15, -0.1) is 0 Å². The minimum Gasteiger partial charge on any atom is -0.505 e. The van der Waals surface area contributed by atoms with Gasteiger partial charge < -0.3 is 10.4 Å². The molecular formula is C19H16N2O2. The molecular weight excluding hydrogens is 288 g/mol. The van der Waals surface area contributed by atoms with Crippen LogP contribution >= 0.6 is 0 Å². The first-order chi connectivity index (χ1) is 11.2. The molecule has 4 rings (SSSR count). The van der Waals surface area contributed by atoms with Crippen LogP contribution in [0.5, 0.6) is 5.75 Å². The molecule has 0 radical (unpaired) electrons. The fourth-order valence-electron chi connectivity index (χ4n) is 3.26. The van der Waals surface area contributed by atoms with Crippen molar-refractivity contribution < 1.29 is 9.90 Å². The molecule has 0 saturated carbocycles. The Morgan fingerprint density at radius 3 is 2.91 bits per heavy atom. The number of aromatic hydroxyl groups is 1. The molecule has 2 N–H and O–H groups in total. The topological polar surface area (TPSA) is 62.2 Å². The van der Waals surface area contributed by atoms with Gasteiger partial charge >= 0.3 is 0 Å². The maximum atomic E-state index is 12.6. The van der Waals surface area contributed by atoms with Crippen LogP contribution in [0.1, 0.15) is 33.9 Å². The van der Waals surface area contributed by atoms with Crippen LogP contribution in [0, 0.1) is 0 Å². The van der Waals surface area contributed by atoms with E-state index in [9.17, 15) is 9.90 Å². The number of phenolic OH excluding ortho intramolecular Hbond substituents is 1. The number of benzene rings is 2. The minimum absolute atomic E-state index is 0.00229. The number of amides is 1. The van der Waals surface area contributed by atoms with Crippen LogP contribution in [0.4, 0.5) is 0 Å². The van der Waals surface area contributed by atoms with E-state index in [4.69, 9.17) is 0 Å². The number of nitrogens with one attached hydrogen (secondary N) is 1. The third kappa shape index (κ3) is 2.32. The Kier molecular flexibility index (Phi) is 3.23. The predicted octanol–water partition coefficient (Wildman–Crippen LogP) is 3.36. The van der Waals surface area contributed by atoms with Crippen LogP contribution in [-0.2, 0) is 6.42 Å². The van der Waals surface area contributed by atoms with Crippen molar-refractivity contribution in [1.82, 2.24) is 10.3 Å². The molecule has 0 bridgehead atoms. The molecule has 4 nitrogen and oxygen atoms in total. The van der Waals surface area contributed by atoms with Crippen molar-refractivity contribution in [3.8, 4) is 5.75 Å². The third-order valence-corrected chi connectivity index (χ3v) is 4.43. The fraction of sp³-hybridized carbons (Fsp3) is 0.158. The summed E-state index contributed by atoms with van der Waals surface area (Å²) in [6.45, 7) is 0. The summed E-state index contributed by atoms with van der Waals surface area (Å²) in [6, 6.07) is 15.3. The first-order valence-electron chi connectivity index (χ1n) is 7.69. The van der Waals surface area contributed by atoms with E-state index in [1.165, 1.54) is 11.1 Å². The lowest BCUT2D eigenvalue weighted by Gasteiger charge is -2.15. The molecule has 114 valence electrons. The van der Waals surface area contributed by atoms with Gasteiger partial charge in [0.1, 0.15) is 5.52 Å². The lowest BCUT2D eigenvalue weighted by Crippen LogP contribution is -2.27. The molecule has 1 aliphatic carbocycles. The molecule has 1 heterocycles. The van der Waals surface area contributed by atoms with Gasteiger partial charge in [-0.05, 0) is 36.1 Å². The number of carbonyl (C=O) groups is 1. The monoisotopic (exact) mass is 304 g/mol. The molecule has 4 heteroatoms. The van der Waals surface area contributed by atoms with E-state index >= 15 is 0 Å². The highest BCUT2D eigenvalue weighted by molar-refractivity contribution is 6.02. The average Bonchev–Trinajstić information content (AvgIpc) is 2.98. The molecule has 1 amide bonds. The summed E-state index contributed by atoms with van der Waals surface area (Å²) >= 11 is 0. The Hall–Kier alpha value is -2.88. The van der Waals surface area contributed by atoms with Crippen LogP contribution in [0.2, 0.25) is 0 Å². The van der Waals surface area contributed by atoms with E-state index in [-0.39, 0.29) is 23.3 Å². The second-order valence-corrected chi connectivity index (χ2v) is 5.80. The number of carbonyl (C=O) groups excluding carboxylic acids is 1. The van der Waals surface area contributed by atoms with Crippen LogP contribution in [0.25, 0.3) is 10.9 Å². The number of aryl methyl sites for hydroxylation is 1. The van der Waals surface area contributed by atoms with Crippen molar-refractivity contribution in [3.63, 3.8) is 0 Å². The smallest absolute Gasteiger partial charge is 0.255 e. The summed E-state index contributed by atoms with van der Waals surface area (Å²) in [5.74, 6) is -0.330. The van der Waals surface area contributed by atoms with Gasteiger partial charge in [-0.1, -0.05) is 36.4 Å². The maximum Gasteiger partial charge on any atom is 0.255 e. The van der Waals surface area contributed by atoms with Gasteiger partial charge in [-0.3, -0.25) is 9.78 Å². The number of rotatable bonds is 2. The lowest BCUT2D eigenvalue weighted by molar-refractivity contribution is 0.0934. The van der Waals surface area contributed by atoms with E-state index in [1.54, 1.807) is 24.4 Å². The number of fused-ring (bicyclic) bond motifs is 2. The quantitative estimate of drug-likeness (QED) is 0.763. The van der Waals surface area contributed by atoms with Crippen molar-refractivity contribution in [1.29, 1.82) is 0 Å². The Bertz CT molecular complexity index is 905. The van der Waals surface area contributed by atoms with Crippen molar-refractivity contribution in [3.05, 3.63) is 71.4 Å². The van der Waals surface area contributed by atoms with Gasteiger partial charge in [0.25, 0.3) is 5.91 Å². The summed E-state index contributed by atoms with van der Waals surface area (Å²) in [5, 5.41) is 14.2. The summed E-state index contributed by atoms with van der Waals surface area (Å²) in [6.07, 6.45) is 3.46. The number of pyridine rings is 1. The van der Waals surface area contributed by atoms with Gasteiger partial charge in [0.05, 0.1) is 11.6 Å².